The highest BCUT2D eigenvalue weighted by atomic mass is 32.2. The highest BCUT2D eigenvalue weighted by Crippen LogP contribution is 2.27. The molecule has 0 aliphatic heterocycles. The van der Waals surface area contributed by atoms with Gasteiger partial charge in [0.25, 0.3) is 0 Å². The third-order valence-corrected chi connectivity index (χ3v) is 4.46. The summed E-state index contributed by atoms with van der Waals surface area (Å²) in [5.74, 6) is 0.969. The number of benzene rings is 2. The van der Waals surface area contributed by atoms with E-state index in [0.717, 1.165) is 12.4 Å². The van der Waals surface area contributed by atoms with E-state index in [0.29, 0.717) is 0 Å². The molecule has 0 saturated heterocycles. The van der Waals surface area contributed by atoms with Crippen LogP contribution in [0.3, 0.4) is 0 Å². The fourth-order valence-electron chi connectivity index (χ4n) is 2.18. The number of aromatic nitrogens is 2. The largest absolute Gasteiger partial charge is 0.347 e. The van der Waals surface area contributed by atoms with Crippen molar-refractivity contribution in [2.24, 2.45) is 0 Å². The fourth-order valence-corrected chi connectivity index (χ4v) is 3.02. The Bertz CT molecular complexity index is 678. The normalized spacial score (nSPS) is 12.2. The highest BCUT2D eigenvalue weighted by molar-refractivity contribution is 7.99. The summed E-state index contributed by atoms with van der Waals surface area (Å²) in [6.07, 6.45) is 3.63. The lowest BCUT2D eigenvalue weighted by Gasteiger charge is -2.11. The maximum atomic E-state index is 4.27. The zero-order chi connectivity index (χ0) is 15.2. The van der Waals surface area contributed by atoms with E-state index in [9.17, 15) is 0 Å². The summed E-state index contributed by atoms with van der Waals surface area (Å²) in [5.41, 5.74) is 1.27. The molecule has 0 aliphatic carbocycles. The lowest BCUT2D eigenvalue weighted by Crippen LogP contribution is -2.19. The van der Waals surface area contributed by atoms with Crippen molar-refractivity contribution in [2.75, 3.05) is 0 Å². The van der Waals surface area contributed by atoms with Gasteiger partial charge >= 0.3 is 0 Å². The highest BCUT2D eigenvalue weighted by Gasteiger charge is 2.06. The van der Waals surface area contributed by atoms with Gasteiger partial charge in [0.2, 0.25) is 0 Å². The monoisotopic (exact) mass is 309 g/mol. The van der Waals surface area contributed by atoms with Crippen LogP contribution in [0.25, 0.3) is 0 Å². The van der Waals surface area contributed by atoms with Crippen molar-refractivity contribution in [3.8, 4) is 0 Å². The Kier molecular flexibility index (Phi) is 4.93. The van der Waals surface area contributed by atoms with Crippen molar-refractivity contribution in [1.29, 1.82) is 0 Å². The molecule has 0 saturated carbocycles. The van der Waals surface area contributed by atoms with Gasteiger partial charge in [-0.05, 0) is 36.8 Å². The molecule has 1 aromatic heterocycles. The number of hydrogen-bond acceptors (Lipinski definition) is 3. The standard InChI is InChI=1S/C18H19N3S/c1-14(18-19-11-12-20-18)21-13-15-7-9-17(10-8-15)22-16-5-3-2-4-6-16/h2-12,14,21H,13H2,1H3,(H,19,20). The van der Waals surface area contributed by atoms with Crippen LogP contribution in [0.1, 0.15) is 24.4 Å². The van der Waals surface area contributed by atoms with Crippen molar-refractivity contribution < 1.29 is 0 Å². The van der Waals surface area contributed by atoms with Gasteiger partial charge in [-0.3, -0.25) is 0 Å². The fraction of sp³-hybridized carbons (Fsp3) is 0.167. The molecule has 0 radical (unpaired) electrons. The van der Waals surface area contributed by atoms with E-state index in [-0.39, 0.29) is 6.04 Å². The molecule has 2 aromatic carbocycles. The molecule has 3 aromatic rings. The summed E-state index contributed by atoms with van der Waals surface area (Å²) in [5, 5.41) is 3.47. The van der Waals surface area contributed by atoms with E-state index in [4.69, 9.17) is 0 Å². The molecule has 3 rings (SSSR count). The predicted molar refractivity (Wildman–Crippen MR) is 90.8 cm³/mol. The van der Waals surface area contributed by atoms with Gasteiger partial charge in [-0.25, -0.2) is 4.98 Å². The van der Waals surface area contributed by atoms with Gasteiger partial charge in [-0.2, -0.15) is 0 Å². The Morgan fingerprint density at radius 1 is 1.05 bits per heavy atom. The summed E-state index contributed by atoms with van der Waals surface area (Å²) >= 11 is 1.78. The van der Waals surface area contributed by atoms with Gasteiger partial charge in [0.1, 0.15) is 5.82 Å². The molecule has 0 bridgehead atoms. The molecule has 1 atom stereocenters. The lowest BCUT2D eigenvalue weighted by atomic mass is 10.2. The number of aromatic amines is 1. The van der Waals surface area contributed by atoms with E-state index in [1.54, 1.807) is 18.0 Å². The molecule has 2 N–H and O–H groups in total. The molecule has 0 spiro atoms. The average molecular weight is 309 g/mol. The average Bonchev–Trinajstić information content (AvgIpc) is 3.09. The molecule has 0 amide bonds. The maximum Gasteiger partial charge on any atom is 0.122 e. The number of imidazole rings is 1. The first kappa shape index (κ1) is 14.9. The first-order valence-electron chi connectivity index (χ1n) is 7.36. The Morgan fingerprint density at radius 2 is 1.77 bits per heavy atom. The van der Waals surface area contributed by atoms with Crippen LogP contribution in [-0.2, 0) is 6.54 Å². The molecule has 1 unspecified atom stereocenters. The molecule has 112 valence electrons. The minimum Gasteiger partial charge on any atom is -0.347 e. The third-order valence-electron chi connectivity index (χ3n) is 3.44. The molecule has 0 fully saturated rings. The van der Waals surface area contributed by atoms with E-state index >= 15 is 0 Å². The van der Waals surface area contributed by atoms with Crippen LogP contribution in [0.2, 0.25) is 0 Å². The number of hydrogen-bond donors (Lipinski definition) is 2. The third kappa shape index (κ3) is 4.00. The van der Waals surface area contributed by atoms with Gasteiger partial charge in [0.05, 0.1) is 6.04 Å². The molecular formula is C18H19N3S. The summed E-state index contributed by atoms with van der Waals surface area (Å²) in [6, 6.07) is 19.3. The van der Waals surface area contributed by atoms with Crippen LogP contribution in [0.5, 0.6) is 0 Å². The van der Waals surface area contributed by atoms with Gasteiger partial charge < -0.3 is 10.3 Å². The van der Waals surface area contributed by atoms with Gasteiger partial charge in [0.15, 0.2) is 0 Å². The molecular weight excluding hydrogens is 290 g/mol. The van der Waals surface area contributed by atoms with Crippen LogP contribution < -0.4 is 5.32 Å². The molecule has 4 heteroatoms. The minimum absolute atomic E-state index is 0.216. The second kappa shape index (κ2) is 7.29. The first-order valence-corrected chi connectivity index (χ1v) is 8.17. The van der Waals surface area contributed by atoms with E-state index < -0.39 is 0 Å². The number of H-pyrrole nitrogens is 1. The van der Waals surface area contributed by atoms with Crippen molar-refractivity contribution in [3.05, 3.63) is 78.4 Å². The topological polar surface area (TPSA) is 40.7 Å². The number of nitrogens with zero attached hydrogens (tertiary/aromatic N) is 1. The summed E-state index contributed by atoms with van der Waals surface area (Å²) in [7, 11) is 0. The summed E-state index contributed by atoms with van der Waals surface area (Å²) in [6.45, 7) is 2.94. The van der Waals surface area contributed by atoms with Crippen LogP contribution in [0, 0.1) is 0 Å². The second-order valence-corrected chi connectivity index (χ2v) is 6.28. The van der Waals surface area contributed by atoms with E-state index in [2.05, 4.69) is 70.7 Å². The van der Waals surface area contributed by atoms with Crippen LogP contribution in [0.4, 0.5) is 0 Å². The summed E-state index contributed by atoms with van der Waals surface area (Å²) < 4.78 is 0. The van der Waals surface area contributed by atoms with Crippen LogP contribution in [0.15, 0.2) is 76.8 Å². The zero-order valence-electron chi connectivity index (χ0n) is 12.5. The Labute approximate surface area is 135 Å². The van der Waals surface area contributed by atoms with Crippen molar-refractivity contribution in [2.45, 2.75) is 29.3 Å². The van der Waals surface area contributed by atoms with E-state index in [1.807, 2.05) is 12.3 Å². The first-order chi connectivity index (χ1) is 10.8. The van der Waals surface area contributed by atoms with Gasteiger partial charge in [0, 0.05) is 28.7 Å². The zero-order valence-corrected chi connectivity index (χ0v) is 13.3. The summed E-state index contributed by atoms with van der Waals surface area (Å²) in [4.78, 5) is 9.92. The van der Waals surface area contributed by atoms with Crippen LogP contribution in [-0.4, -0.2) is 9.97 Å². The molecule has 3 nitrogen and oxygen atoms in total. The predicted octanol–water partition coefficient (Wildman–Crippen LogP) is 4.41. The van der Waals surface area contributed by atoms with Crippen molar-refractivity contribution >= 4 is 11.8 Å². The van der Waals surface area contributed by atoms with Gasteiger partial charge in [-0.1, -0.05) is 42.1 Å². The van der Waals surface area contributed by atoms with Gasteiger partial charge in [-0.15, -0.1) is 0 Å². The number of rotatable bonds is 6. The second-order valence-electron chi connectivity index (χ2n) is 5.14. The van der Waals surface area contributed by atoms with E-state index in [1.165, 1.54) is 15.4 Å². The molecule has 0 aliphatic rings. The lowest BCUT2D eigenvalue weighted by molar-refractivity contribution is 0.551. The minimum atomic E-state index is 0.216. The molecule has 1 heterocycles. The van der Waals surface area contributed by atoms with Crippen molar-refractivity contribution in [3.63, 3.8) is 0 Å². The SMILES string of the molecule is CC(NCc1ccc(Sc2ccccc2)cc1)c1ncc[nH]1. The smallest absolute Gasteiger partial charge is 0.122 e. The number of nitrogens with one attached hydrogen (secondary N) is 2. The Morgan fingerprint density at radius 3 is 2.45 bits per heavy atom. The maximum absolute atomic E-state index is 4.27. The van der Waals surface area contributed by atoms with Crippen molar-refractivity contribution in [1.82, 2.24) is 15.3 Å². The van der Waals surface area contributed by atoms with Crippen LogP contribution >= 0.6 is 11.8 Å². The quantitative estimate of drug-likeness (QED) is 0.708. The molecule has 22 heavy (non-hydrogen) atoms. The Hall–Kier alpha value is -2.04. The Balaban J connectivity index is 1.55.